The SMILES string of the molecule is CCCN(C(C)C)C1CCCc2ccccc2C1O. The molecule has 2 unspecified atom stereocenters. The Hall–Kier alpha value is -0.860. The lowest BCUT2D eigenvalue weighted by Gasteiger charge is -2.37. The number of aliphatic hydroxyl groups is 1. The number of fused-ring (bicyclic) bond motifs is 1. The Morgan fingerprint density at radius 2 is 2.05 bits per heavy atom. The number of rotatable bonds is 4. The molecule has 0 aromatic heterocycles. The minimum absolute atomic E-state index is 0.267. The van der Waals surface area contributed by atoms with E-state index in [0.717, 1.165) is 31.4 Å². The molecule has 0 amide bonds. The first-order chi connectivity index (χ1) is 9.15. The van der Waals surface area contributed by atoms with Crippen molar-refractivity contribution in [1.82, 2.24) is 4.90 Å². The van der Waals surface area contributed by atoms with Gasteiger partial charge in [0, 0.05) is 12.1 Å². The van der Waals surface area contributed by atoms with Crippen LogP contribution in [0, 0.1) is 0 Å². The van der Waals surface area contributed by atoms with Gasteiger partial charge in [0.15, 0.2) is 0 Å². The summed E-state index contributed by atoms with van der Waals surface area (Å²) in [6.07, 6.45) is 4.16. The first-order valence-electron chi connectivity index (χ1n) is 7.66. The fraction of sp³-hybridized carbons (Fsp3) is 0.647. The van der Waals surface area contributed by atoms with Gasteiger partial charge in [-0.05, 0) is 57.2 Å². The highest BCUT2D eigenvalue weighted by Crippen LogP contribution is 2.32. The molecule has 0 saturated heterocycles. The number of aliphatic hydroxyl groups excluding tert-OH is 1. The Balaban J connectivity index is 2.27. The monoisotopic (exact) mass is 261 g/mol. The van der Waals surface area contributed by atoms with Crippen molar-refractivity contribution in [2.75, 3.05) is 6.54 Å². The third kappa shape index (κ3) is 3.18. The number of benzene rings is 1. The van der Waals surface area contributed by atoms with Crippen LogP contribution in [0.2, 0.25) is 0 Å². The molecule has 1 aliphatic carbocycles. The van der Waals surface area contributed by atoms with Crippen LogP contribution in [-0.2, 0) is 6.42 Å². The van der Waals surface area contributed by atoms with E-state index in [1.54, 1.807) is 0 Å². The van der Waals surface area contributed by atoms with Crippen molar-refractivity contribution in [2.24, 2.45) is 0 Å². The van der Waals surface area contributed by atoms with Crippen molar-refractivity contribution in [3.8, 4) is 0 Å². The van der Waals surface area contributed by atoms with Gasteiger partial charge in [-0.3, -0.25) is 4.90 Å². The lowest BCUT2D eigenvalue weighted by atomic mass is 9.97. The topological polar surface area (TPSA) is 23.5 Å². The van der Waals surface area contributed by atoms with Gasteiger partial charge in [0.1, 0.15) is 0 Å². The van der Waals surface area contributed by atoms with Crippen LogP contribution in [0.15, 0.2) is 24.3 Å². The van der Waals surface area contributed by atoms with Crippen LogP contribution >= 0.6 is 0 Å². The number of hydrogen-bond donors (Lipinski definition) is 1. The van der Waals surface area contributed by atoms with E-state index in [1.807, 2.05) is 6.07 Å². The normalized spacial score (nSPS) is 23.5. The maximum atomic E-state index is 10.8. The summed E-state index contributed by atoms with van der Waals surface area (Å²) in [5.74, 6) is 0. The molecule has 1 aromatic carbocycles. The third-order valence-corrected chi connectivity index (χ3v) is 4.26. The van der Waals surface area contributed by atoms with Crippen molar-refractivity contribution in [2.45, 2.75) is 64.6 Å². The molecule has 0 aliphatic heterocycles. The smallest absolute Gasteiger partial charge is 0.0947 e. The first-order valence-corrected chi connectivity index (χ1v) is 7.66. The molecule has 1 N–H and O–H groups in total. The van der Waals surface area contributed by atoms with Crippen molar-refractivity contribution >= 4 is 0 Å². The highest BCUT2D eigenvalue weighted by molar-refractivity contribution is 5.31. The first kappa shape index (κ1) is 14.5. The lowest BCUT2D eigenvalue weighted by Crippen LogP contribution is -2.44. The van der Waals surface area contributed by atoms with Crippen molar-refractivity contribution in [1.29, 1.82) is 0 Å². The van der Waals surface area contributed by atoms with Crippen LogP contribution < -0.4 is 0 Å². The minimum Gasteiger partial charge on any atom is -0.387 e. The van der Waals surface area contributed by atoms with Gasteiger partial charge in [0.05, 0.1) is 6.10 Å². The van der Waals surface area contributed by atoms with Crippen LogP contribution in [0.5, 0.6) is 0 Å². The highest BCUT2D eigenvalue weighted by atomic mass is 16.3. The average molecular weight is 261 g/mol. The molecule has 2 heteroatoms. The third-order valence-electron chi connectivity index (χ3n) is 4.26. The van der Waals surface area contributed by atoms with Gasteiger partial charge < -0.3 is 5.11 Å². The fourth-order valence-electron chi connectivity index (χ4n) is 3.33. The van der Waals surface area contributed by atoms with E-state index in [0.29, 0.717) is 6.04 Å². The predicted molar refractivity (Wildman–Crippen MR) is 80.3 cm³/mol. The summed E-state index contributed by atoms with van der Waals surface area (Å²) in [5, 5.41) is 10.8. The molecule has 0 bridgehead atoms. The average Bonchev–Trinajstić information content (AvgIpc) is 2.56. The second-order valence-electron chi connectivity index (χ2n) is 5.93. The molecular weight excluding hydrogens is 234 g/mol. The zero-order valence-electron chi connectivity index (χ0n) is 12.5. The van der Waals surface area contributed by atoms with E-state index >= 15 is 0 Å². The maximum absolute atomic E-state index is 10.8. The standard InChI is InChI=1S/C17H27NO/c1-4-12-18(13(2)3)16-11-7-9-14-8-5-6-10-15(14)17(16)19/h5-6,8,10,13,16-17,19H,4,7,9,11-12H2,1-3H3. The highest BCUT2D eigenvalue weighted by Gasteiger charge is 2.31. The van der Waals surface area contributed by atoms with Crippen molar-refractivity contribution in [3.05, 3.63) is 35.4 Å². The zero-order valence-corrected chi connectivity index (χ0v) is 12.5. The summed E-state index contributed by atoms with van der Waals surface area (Å²) in [4.78, 5) is 2.48. The molecule has 2 rings (SSSR count). The Morgan fingerprint density at radius 1 is 1.32 bits per heavy atom. The lowest BCUT2D eigenvalue weighted by molar-refractivity contribution is 0.0272. The molecule has 0 fully saturated rings. The van der Waals surface area contributed by atoms with Crippen LogP contribution in [0.1, 0.15) is 57.3 Å². The van der Waals surface area contributed by atoms with Crippen molar-refractivity contribution < 1.29 is 5.11 Å². The largest absolute Gasteiger partial charge is 0.387 e. The van der Waals surface area contributed by atoms with Crippen LogP contribution in [0.3, 0.4) is 0 Å². The molecule has 2 atom stereocenters. The zero-order chi connectivity index (χ0) is 13.8. The molecule has 0 spiro atoms. The summed E-state index contributed by atoms with van der Waals surface area (Å²) in [6.45, 7) is 7.76. The fourth-order valence-corrected chi connectivity index (χ4v) is 3.33. The molecule has 0 radical (unpaired) electrons. The molecule has 0 heterocycles. The Morgan fingerprint density at radius 3 is 2.74 bits per heavy atom. The van der Waals surface area contributed by atoms with E-state index in [2.05, 4.69) is 43.9 Å². The second kappa shape index (κ2) is 6.53. The minimum atomic E-state index is -0.340. The summed E-state index contributed by atoms with van der Waals surface area (Å²) in [6, 6.07) is 9.15. The van der Waals surface area contributed by atoms with Gasteiger partial charge in [-0.15, -0.1) is 0 Å². The molecule has 2 nitrogen and oxygen atoms in total. The Kier molecular flexibility index (Phi) is 5.00. The Bertz CT molecular complexity index is 402. The Labute approximate surface area is 117 Å². The summed E-state index contributed by atoms with van der Waals surface area (Å²) < 4.78 is 0. The van der Waals surface area contributed by atoms with E-state index in [1.165, 1.54) is 12.0 Å². The number of nitrogens with zero attached hydrogens (tertiary/aromatic N) is 1. The van der Waals surface area contributed by atoms with E-state index in [4.69, 9.17) is 0 Å². The van der Waals surface area contributed by atoms with Gasteiger partial charge in [0.25, 0.3) is 0 Å². The van der Waals surface area contributed by atoms with Gasteiger partial charge >= 0.3 is 0 Å². The van der Waals surface area contributed by atoms with E-state index < -0.39 is 0 Å². The van der Waals surface area contributed by atoms with Gasteiger partial charge in [0.2, 0.25) is 0 Å². The van der Waals surface area contributed by atoms with Gasteiger partial charge in [-0.2, -0.15) is 0 Å². The van der Waals surface area contributed by atoms with Crippen molar-refractivity contribution in [3.63, 3.8) is 0 Å². The van der Waals surface area contributed by atoms with Gasteiger partial charge in [-0.25, -0.2) is 0 Å². The molecule has 106 valence electrons. The molecule has 0 saturated carbocycles. The second-order valence-corrected chi connectivity index (χ2v) is 5.93. The molecule has 1 aromatic rings. The maximum Gasteiger partial charge on any atom is 0.0947 e. The predicted octanol–water partition coefficient (Wildman–Crippen LogP) is 3.55. The number of aryl methyl sites for hydroxylation is 1. The van der Waals surface area contributed by atoms with Gasteiger partial charge in [-0.1, -0.05) is 31.2 Å². The molecular formula is C17H27NO. The quantitative estimate of drug-likeness (QED) is 0.838. The molecule has 1 aliphatic rings. The van der Waals surface area contributed by atoms with Crippen LogP contribution in [0.4, 0.5) is 0 Å². The molecule has 19 heavy (non-hydrogen) atoms. The summed E-state index contributed by atoms with van der Waals surface area (Å²) in [5.41, 5.74) is 2.48. The van der Waals surface area contributed by atoms with E-state index in [9.17, 15) is 5.11 Å². The summed E-state index contributed by atoms with van der Waals surface area (Å²) in [7, 11) is 0. The van der Waals surface area contributed by atoms with Crippen LogP contribution in [0.25, 0.3) is 0 Å². The van der Waals surface area contributed by atoms with E-state index in [-0.39, 0.29) is 12.1 Å². The summed E-state index contributed by atoms with van der Waals surface area (Å²) >= 11 is 0. The number of hydrogen-bond acceptors (Lipinski definition) is 2. The van der Waals surface area contributed by atoms with Crippen LogP contribution in [-0.4, -0.2) is 28.6 Å².